The molecule has 1 N–H and O–H groups in total. The number of anilines is 1. The molecule has 1 fully saturated rings. The van der Waals surface area contributed by atoms with Crippen molar-refractivity contribution in [1.82, 2.24) is 4.90 Å². The van der Waals surface area contributed by atoms with Crippen LogP contribution in [0.25, 0.3) is 0 Å². The highest BCUT2D eigenvalue weighted by molar-refractivity contribution is 5.48. The first kappa shape index (κ1) is 16.1. The first-order valence-corrected chi connectivity index (χ1v) is 8.78. The highest BCUT2D eigenvalue weighted by Gasteiger charge is 2.19. The lowest BCUT2D eigenvalue weighted by atomic mass is 9.96. The van der Waals surface area contributed by atoms with E-state index in [1.54, 1.807) is 0 Å². The lowest BCUT2D eigenvalue weighted by Gasteiger charge is -2.32. The van der Waals surface area contributed by atoms with E-state index < -0.39 is 0 Å². The van der Waals surface area contributed by atoms with Crippen molar-refractivity contribution in [3.05, 3.63) is 65.2 Å². The molecule has 2 heteroatoms. The van der Waals surface area contributed by atoms with Crippen molar-refractivity contribution < 1.29 is 0 Å². The third-order valence-electron chi connectivity index (χ3n) is 5.06. The molecule has 0 radical (unpaired) electrons. The van der Waals surface area contributed by atoms with Crippen LogP contribution in [0.2, 0.25) is 0 Å². The molecule has 0 amide bonds. The van der Waals surface area contributed by atoms with Gasteiger partial charge in [0.15, 0.2) is 0 Å². The average Bonchev–Trinajstić information content (AvgIpc) is 2.58. The molecule has 23 heavy (non-hydrogen) atoms. The number of benzene rings is 2. The van der Waals surface area contributed by atoms with Gasteiger partial charge in [-0.05, 0) is 74.5 Å². The molecule has 1 heterocycles. The minimum Gasteiger partial charge on any atom is -0.385 e. The fourth-order valence-corrected chi connectivity index (χ4v) is 3.30. The number of rotatable bonds is 5. The Balaban J connectivity index is 1.43. The molecule has 0 unspecified atom stereocenters. The Hall–Kier alpha value is -1.80. The second-order valence-electron chi connectivity index (χ2n) is 6.89. The summed E-state index contributed by atoms with van der Waals surface area (Å²) in [5.74, 6) is 0.795. The zero-order valence-electron chi connectivity index (χ0n) is 14.4. The lowest BCUT2D eigenvalue weighted by molar-refractivity contribution is 0.182. The van der Waals surface area contributed by atoms with Crippen molar-refractivity contribution in [3.8, 4) is 0 Å². The first-order valence-electron chi connectivity index (χ1n) is 8.78. The highest BCUT2D eigenvalue weighted by Crippen LogP contribution is 2.21. The van der Waals surface area contributed by atoms with E-state index in [0.29, 0.717) is 0 Å². The molecule has 2 aromatic rings. The maximum Gasteiger partial charge on any atom is 0.0343 e. The van der Waals surface area contributed by atoms with Gasteiger partial charge in [-0.15, -0.1) is 0 Å². The van der Waals surface area contributed by atoms with Crippen LogP contribution in [0.15, 0.2) is 48.5 Å². The number of nitrogens with one attached hydrogen (secondary N) is 1. The molecule has 3 rings (SSSR count). The van der Waals surface area contributed by atoms with Crippen molar-refractivity contribution >= 4 is 5.69 Å². The van der Waals surface area contributed by atoms with Gasteiger partial charge in [0, 0.05) is 18.8 Å². The zero-order chi connectivity index (χ0) is 16.1. The van der Waals surface area contributed by atoms with E-state index in [1.165, 1.54) is 48.3 Å². The molecule has 1 saturated heterocycles. The number of likely N-dealkylation sites (tertiary alicyclic amines) is 1. The molecular weight excluding hydrogens is 280 g/mol. The second kappa shape index (κ2) is 7.65. The summed E-state index contributed by atoms with van der Waals surface area (Å²) in [6.07, 6.45) is 2.59. The maximum absolute atomic E-state index is 3.63. The monoisotopic (exact) mass is 308 g/mol. The van der Waals surface area contributed by atoms with Crippen molar-refractivity contribution in [1.29, 1.82) is 0 Å². The number of hydrogen-bond acceptors (Lipinski definition) is 2. The van der Waals surface area contributed by atoms with E-state index in [9.17, 15) is 0 Å². The molecule has 0 atom stereocenters. The Morgan fingerprint density at radius 2 is 1.70 bits per heavy atom. The molecule has 0 aromatic heterocycles. The van der Waals surface area contributed by atoms with Crippen LogP contribution < -0.4 is 5.32 Å². The van der Waals surface area contributed by atoms with Gasteiger partial charge in [-0.25, -0.2) is 0 Å². The first-order chi connectivity index (χ1) is 11.2. The van der Waals surface area contributed by atoms with Crippen molar-refractivity contribution in [2.75, 3.05) is 25.0 Å². The molecule has 1 aliphatic heterocycles. The second-order valence-corrected chi connectivity index (χ2v) is 6.89. The summed E-state index contributed by atoms with van der Waals surface area (Å²) in [6.45, 7) is 8.98. The van der Waals surface area contributed by atoms with Crippen molar-refractivity contribution in [2.45, 2.75) is 33.2 Å². The van der Waals surface area contributed by atoms with E-state index in [0.717, 1.165) is 19.0 Å². The molecule has 0 bridgehead atoms. The third-order valence-corrected chi connectivity index (χ3v) is 5.06. The number of hydrogen-bond donors (Lipinski definition) is 1. The Morgan fingerprint density at radius 3 is 2.39 bits per heavy atom. The summed E-state index contributed by atoms with van der Waals surface area (Å²) >= 11 is 0. The van der Waals surface area contributed by atoms with Gasteiger partial charge in [-0.1, -0.05) is 36.4 Å². The van der Waals surface area contributed by atoms with E-state index in [4.69, 9.17) is 0 Å². The van der Waals surface area contributed by atoms with Gasteiger partial charge in [-0.2, -0.15) is 0 Å². The quantitative estimate of drug-likeness (QED) is 0.866. The summed E-state index contributed by atoms with van der Waals surface area (Å²) in [7, 11) is 0. The Labute approximate surface area is 140 Å². The van der Waals surface area contributed by atoms with Crippen LogP contribution in [0.4, 0.5) is 5.69 Å². The van der Waals surface area contributed by atoms with E-state index in [1.807, 2.05) is 0 Å². The van der Waals surface area contributed by atoms with Crippen molar-refractivity contribution in [2.24, 2.45) is 5.92 Å². The van der Waals surface area contributed by atoms with E-state index in [-0.39, 0.29) is 0 Å². The van der Waals surface area contributed by atoms with Crippen LogP contribution in [0.1, 0.15) is 29.5 Å². The molecule has 2 nitrogen and oxygen atoms in total. The molecule has 0 aliphatic carbocycles. The number of aryl methyl sites for hydroxylation is 2. The highest BCUT2D eigenvalue weighted by atomic mass is 15.1. The van der Waals surface area contributed by atoms with Crippen LogP contribution in [0, 0.1) is 19.8 Å². The van der Waals surface area contributed by atoms with E-state index in [2.05, 4.69) is 72.6 Å². The van der Waals surface area contributed by atoms with Gasteiger partial charge >= 0.3 is 0 Å². The van der Waals surface area contributed by atoms with Gasteiger partial charge in [0.25, 0.3) is 0 Å². The summed E-state index contributed by atoms with van der Waals surface area (Å²) in [6, 6.07) is 17.5. The Bertz CT molecular complexity index is 613. The van der Waals surface area contributed by atoms with Crippen LogP contribution in [0.5, 0.6) is 0 Å². The topological polar surface area (TPSA) is 15.3 Å². The Kier molecular flexibility index (Phi) is 5.35. The Morgan fingerprint density at radius 1 is 0.957 bits per heavy atom. The normalized spacial score (nSPS) is 16.4. The van der Waals surface area contributed by atoms with Gasteiger partial charge in [0.1, 0.15) is 0 Å². The fourth-order valence-electron chi connectivity index (χ4n) is 3.30. The minimum atomic E-state index is 0.795. The van der Waals surface area contributed by atoms with Crippen LogP contribution in [-0.4, -0.2) is 24.5 Å². The predicted octanol–water partition coefficient (Wildman–Crippen LogP) is 4.63. The number of piperidine rings is 1. The molecule has 0 spiro atoms. The zero-order valence-corrected chi connectivity index (χ0v) is 14.4. The minimum absolute atomic E-state index is 0.795. The fraction of sp³-hybridized carbons (Fsp3) is 0.429. The predicted molar refractivity (Wildman–Crippen MR) is 98.8 cm³/mol. The van der Waals surface area contributed by atoms with Gasteiger partial charge in [-0.3, -0.25) is 4.90 Å². The maximum atomic E-state index is 3.63. The SMILES string of the molecule is Cc1ccc(NCC2CCN(Cc3ccccc3)CC2)cc1C. The van der Waals surface area contributed by atoms with Crippen LogP contribution in [-0.2, 0) is 6.54 Å². The van der Waals surface area contributed by atoms with Gasteiger partial charge in [0.2, 0.25) is 0 Å². The van der Waals surface area contributed by atoms with Gasteiger partial charge in [0.05, 0.1) is 0 Å². The van der Waals surface area contributed by atoms with E-state index >= 15 is 0 Å². The summed E-state index contributed by atoms with van der Waals surface area (Å²) < 4.78 is 0. The average molecular weight is 308 g/mol. The molecule has 0 saturated carbocycles. The van der Waals surface area contributed by atoms with Crippen molar-refractivity contribution in [3.63, 3.8) is 0 Å². The molecular formula is C21H28N2. The van der Waals surface area contributed by atoms with Gasteiger partial charge < -0.3 is 5.32 Å². The summed E-state index contributed by atoms with van der Waals surface area (Å²) in [5, 5.41) is 3.63. The standard InChI is InChI=1S/C21H28N2/c1-17-8-9-21(14-18(17)2)22-15-19-10-12-23(13-11-19)16-20-6-4-3-5-7-20/h3-9,14,19,22H,10-13,15-16H2,1-2H3. The lowest BCUT2D eigenvalue weighted by Crippen LogP contribution is -2.35. The van der Waals surface area contributed by atoms with Crippen LogP contribution >= 0.6 is 0 Å². The molecule has 1 aliphatic rings. The third kappa shape index (κ3) is 4.59. The summed E-state index contributed by atoms with van der Waals surface area (Å²) in [5.41, 5.74) is 5.43. The summed E-state index contributed by atoms with van der Waals surface area (Å²) in [4.78, 5) is 2.59. The number of nitrogens with zero attached hydrogens (tertiary/aromatic N) is 1. The smallest absolute Gasteiger partial charge is 0.0343 e. The molecule has 2 aromatic carbocycles. The largest absolute Gasteiger partial charge is 0.385 e. The molecule has 122 valence electrons. The van der Waals surface area contributed by atoms with Crippen LogP contribution in [0.3, 0.4) is 0 Å².